The molecule has 23 heavy (non-hydrogen) atoms. The molecule has 4 rings (SSSR count). The minimum absolute atomic E-state index is 0.286. The smallest absolute Gasteiger partial charge is 0.128 e. The Labute approximate surface area is 138 Å². The first-order valence-electron chi connectivity index (χ1n) is 8.74. The predicted molar refractivity (Wildman–Crippen MR) is 92.3 cm³/mol. The molecule has 0 bridgehead atoms. The molecule has 3 nitrogen and oxygen atoms in total. The Bertz CT molecular complexity index is 645. The van der Waals surface area contributed by atoms with E-state index in [1.54, 1.807) is 0 Å². The molecule has 2 fully saturated rings. The Kier molecular flexibility index (Phi) is 3.82. The summed E-state index contributed by atoms with van der Waals surface area (Å²) in [6.07, 6.45) is 7.34. The molecule has 120 valence electrons. The van der Waals surface area contributed by atoms with Crippen molar-refractivity contribution in [3.63, 3.8) is 0 Å². The summed E-state index contributed by atoms with van der Waals surface area (Å²) in [4.78, 5) is 6.99. The number of pyridine rings is 1. The van der Waals surface area contributed by atoms with Crippen LogP contribution in [0, 0.1) is 5.92 Å². The molecular formula is C20H24N2O. The Morgan fingerprint density at radius 2 is 1.78 bits per heavy atom. The van der Waals surface area contributed by atoms with Crippen molar-refractivity contribution < 1.29 is 5.11 Å². The Hall–Kier alpha value is -1.87. The molecule has 0 amide bonds. The van der Waals surface area contributed by atoms with Crippen LogP contribution in [0.15, 0.2) is 54.7 Å². The molecule has 2 aromatic rings. The number of hydrogen-bond donors (Lipinski definition) is 1. The lowest BCUT2D eigenvalue weighted by atomic mass is 9.66. The number of hydrogen-bond acceptors (Lipinski definition) is 3. The number of nitrogens with zero attached hydrogens (tertiary/aromatic N) is 2. The fourth-order valence-electron chi connectivity index (χ4n) is 4.58. The lowest BCUT2D eigenvalue weighted by molar-refractivity contribution is -0.0690. The summed E-state index contributed by atoms with van der Waals surface area (Å²) in [6.45, 7) is 0.865. The van der Waals surface area contributed by atoms with Gasteiger partial charge in [0.2, 0.25) is 0 Å². The fraction of sp³-hybridized carbons (Fsp3) is 0.450. The van der Waals surface area contributed by atoms with Crippen LogP contribution in [0.25, 0.3) is 0 Å². The summed E-state index contributed by atoms with van der Waals surface area (Å²) in [7, 11) is 0. The highest BCUT2D eigenvalue weighted by Crippen LogP contribution is 2.47. The summed E-state index contributed by atoms with van der Waals surface area (Å²) in [5.74, 6) is 1.34. The number of anilines is 1. The van der Waals surface area contributed by atoms with Gasteiger partial charge in [0.05, 0.1) is 5.60 Å². The van der Waals surface area contributed by atoms with Gasteiger partial charge in [-0.1, -0.05) is 49.2 Å². The van der Waals surface area contributed by atoms with E-state index < -0.39 is 5.60 Å². The lowest BCUT2D eigenvalue weighted by Gasteiger charge is -2.53. The zero-order valence-corrected chi connectivity index (χ0v) is 13.4. The SMILES string of the molecule is OC1(c2ccccc2)CCN(c2ccccn2)[C@H]2CCCC[C@H]21. The van der Waals surface area contributed by atoms with Crippen molar-refractivity contribution in [2.24, 2.45) is 5.92 Å². The molecule has 1 aliphatic heterocycles. The van der Waals surface area contributed by atoms with Gasteiger partial charge < -0.3 is 10.0 Å². The number of fused-ring (bicyclic) bond motifs is 1. The van der Waals surface area contributed by atoms with E-state index >= 15 is 0 Å². The quantitative estimate of drug-likeness (QED) is 0.918. The molecule has 3 atom stereocenters. The van der Waals surface area contributed by atoms with Crippen LogP contribution in [0.2, 0.25) is 0 Å². The van der Waals surface area contributed by atoms with Crippen LogP contribution in [0.3, 0.4) is 0 Å². The Morgan fingerprint density at radius 1 is 1.00 bits per heavy atom. The van der Waals surface area contributed by atoms with E-state index in [1.807, 2.05) is 30.5 Å². The molecular weight excluding hydrogens is 284 g/mol. The molecule has 2 heterocycles. The molecule has 1 saturated carbocycles. The predicted octanol–water partition coefficient (Wildman–Crippen LogP) is 3.74. The van der Waals surface area contributed by atoms with E-state index in [9.17, 15) is 5.11 Å². The molecule has 0 spiro atoms. The van der Waals surface area contributed by atoms with E-state index in [4.69, 9.17) is 0 Å². The zero-order valence-electron chi connectivity index (χ0n) is 13.4. The highest BCUT2D eigenvalue weighted by atomic mass is 16.3. The minimum atomic E-state index is -0.697. The van der Waals surface area contributed by atoms with Gasteiger partial charge in [-0.2, -0.15) is 0 Å². The first kappa shape index (κ1) is 14.7. The van der Waals surface area contributed by atoms with Crippen molar-refractivity contribution in [1.82, 2.24) is 4.98 Å². The monoisotopic (exact) mass is 308 g/mol. The van der Waals surface area contributed by atoms with Crippen LogP contribution in [0.1, 0.15) is 37.7 Å². The highest BCUT2D eigenvalue weighted by molar-refractivity contribution is 5.42. The van der Waals surface area contributed by atoms with Crippen molar-refractivity contribution in [1.29, 1.82) is 0 Å². The van der Waals surface area contributed by atoms with Crippen LogP contribution in [0.4, 0.5) is 5.82 Å². The maximum absolute atomic E-state index is 11.6. The van der Waals surface area contributed by atoms with Gasteiger partial charge >= 0.3 is 0 Å². The zero-order chi connectivity index (χ0) is 15.7. The van der Waals surface area contributed by atoms with E-state index in [0.29, 0.717) is 6.04 Å². The second-order valence-electron chi connectivity index (χ2n) is 6.88. The van der Waals surface area contributed by atoms with Gasteiger partial charge in [-0.15, -0.1) is 0 Å². The van der Waals surface area contributed by atoms with Crippen LogP contribution in [0.5, 0.6) is 0 Å². The maximum Gasteiger partial charge on any atom is 0.128 e. The molecule has 1 aliphatic carbocycles. The molecule has 1 unspecified atom stereocenters. The number of aromatic nitrogens is 1. The molecule has 2 aliphatic rings. The molecule has 0 radical (unpaired) electrons. The Morgan fingerprint density at radius 3 is 2.57 bits per heavy atom. The molecule has 1 saturated heterocycles. The second-order valence-corrected chi connectivity index (χ2v) is 6.88. The van der Waals surface area contributed by atoms with Gasteiger partial charge in [0.25, 0.3) is 0 Å². The Balaban J connectivity index is 1.69. The summed E-state index contributed by atoms with van der Waals surface area (Å²) in [6, 6.07) is 16.8. The molecule has 1 aromatic carbocycles. The van der Waals surface area contributed by atoms with Gasteiger partial charge in [-0.3, -0.25) is 0 Å². The van der Waals surface area contributed by atoms with Gasteiger partial charge in [0.1, 0.15) is 5.82 Å². The first-order valence-corrected chi connectivity index (χ1v) is 8.74. The third-order valence-corrected chi connectivity index (χ3v) is 5.69. The number of aliphatic hydroxyl groups is 1. The van der Waals surface area contributed by atoms with Gasteiger partial charge in [0.15, 0.2) is 0 Å². The average Bonchev–Trinajstić information content (AvgIpc) is 2.64. The first-order chi connectivity index (χ1) is 11.3. The summed E-state index contributed by atoms with van der Waals surface area (Å²) < 4.78 is 0. The van der Waals surface area contributed by atoms with Crippen LogP contribution >= 0.6 is 0 Å². The average molecular weight is 308 g/mol. The minimum Gasteiger partial charge on any atom is -0.385 e. The van der Waals surface area contributed by atoms with Crippen molar-refractivity contribution in [2.75, 3.05) is 11.4 Å². The summed E-state index contributed by atoms with van der Waals surface area (Å²) in [5.41, 5.74) is 0.384. The third-order valence-electron chi connectivity index (χ3n) is 5.69. The molecule has 1 aromatic heterocycles. The second kappa shape index (κ2) is 5.97. The normalized spacial score (nSPS) is 30.7. The fourth-order valence-corrected chi connectivity index (χ4v) is 4.58. The van der Waals surface area contributed by atoms with Crippen molar-refractivity contribution >= 4 is 5.82 Å². The van der Waals surface area contributed by atoms with E-state index in [2.05, 4.69) is 34.1 Å². The summed E-state index contributed by atoms with van der Waals surface area (Å²) in [5, 5.41) is 11.6. The largest absolute Gasteiger partial charge is 0.385 e. The van der Waals surface area contributed by atoms with E-state index in [0.717, 1.165) is 37.2 Å². The van der Waals surface area contributed by atoms with Crippen molar-refractivity contribution in [2.45, 2.75) is 43.7 Å². The van der Waals surface area contributed by atoms with E-state index in [1.165, 1.54) is 12.8 Å². The highest BCUT2D eigenvalue weighted by Gasteiger charge is 2.49. The number of rotatable bonds is 2. The van der Waals surface area contributed by atoms with Gasteiger partial charge in [-0.25, -0.2) is 4.98 Å². The maximum atomic E-state index is 11.6. The van der Waals surface area contributed by atoms with Gasteiger partial charge in [-0.05, 0) is 37.0 Å². The van der Waals surface area contributed by atoms with Crippen LogP contribution in [-0.4, -0.2) is 22.7 Å². The van der Waals surface area contributed by atoms with Crippen LogP contribution in [-0.2, 0) is 5.60 Å². The number of benzene rings is 1. The van der Waals surface area contributed by atoms with Crippen molar-refractivity contribution in [3.8, 4) is 0 Å². The van der Waals surface area contributed by atoms with E-state index in [-0.39, 0.29) is 5.92 Å². The molecule has 3 heteroatoms. The van der Waals surface area contributed by atoms with Crippen molar-refractivity contribution in [3.05, 3.63) is 60.3 Å². The topological polar surface area (TPSA) is 36.4 Å². The standard InChI is InChI=1S/C20H24N2O/c23-20(16-8-2-1-3-9-16)13-15-22(19-12-6-7-14-21-19)18-11-5-4-10-17(18)20/h1-3,6-9,12,14,17-18,23H,4-5,10-11,13,15H2/t17-,18+,20?/m1/s1. The van der Waals surface area contributed by atoms with Crippen LogP contribution < -0.4 is 4.90 Å². The lowest BCUT2D eigenvalue weighted by Crippen LogP contribution is -2.57. The third kappa shape index (κ3) is 2.53. The summed E-state index contributed by atoms with van der Waals surface area (Å²) >= 11 is 0. The number of piperidine rings is 1. The molecule has 1 N–H and O–H groups in total. The van der Waals surface area contributed by atoms with Gasteiger partial charge in [0, 0.05) is 24.7 Å².